The smallest absolute Gasteiger partial charge is 0.157 e. The molecule has 2 aromatic heterocycles. The van der Waals surface area contributed by atoms with Crippen molar-refractivity contribution in [1.29, 1.82) is 0 Å². The van der Waals surface area contributed by atoms with Gasteiger partial charge in [-0.2, -0.15) is 5.10 Å². The van der Waals surface area contributed by atoms with E-state index in [1.165, 1.54) is 6.07 Å². The van der Waals surface area contributed by atoms with Crippen LogP contribution in [-0.4, -0.2) is 14.8 Å². The fourth-order valence-electron chi connectivity index (χ4n) is 1.14. The van der Waals surface area contributed by atoms with Gasteiger partial charge in [0, 0.05) is 12.4 Å². The SMILES string of the molecule is Cc1nc2c(cnn2C)cc1F. The van der Waals surface area contributed by atoms with Crippen LogP contribution in [0.1, 0.15) is 5.69 Å². The second-order valence-corrected chi connectivity index (χ2v) is 2.74. The molecule has 62 valence electrons. The highest BCUT2D eigenvalue weighted by Crippen LogP contribution is 2.13. The highest BCUT2D eigenvalue weighted by atomic mass is 19.1. The Bertz CT molecular complexity index is 433. The number of hydrogen-bond donors (Lipinski definition) is 0. The standard InChI is InChI=1S/C8H8FN3/c1-5-7(9)3-6-4-10-12(2)8(6)11-5/h3-4H,1-2H3. The Morgan fingerprint density at radius 3 is 3.00 bits per heavy atom. The van der Waals surface area contributed by atoms with E-state index in [-0.39, 0.29) is 5.82 Å². The van der Waals surface area contributed by atoms with Crippen molar-refractivity contribution in [3.8, 4) is 0 Å². The van der Waals surface area contributed by atoms with Crippen molar-refractivity contribution in [2.45, 2.75) is 6.92 Å². The zero-order chi connectivity index (χ0) is 8.72. The number of fused-ring (bicyclic) bond motifs is 1. The Labute approximate surface area is 68.8 Å². The van der Waals surface area contributed by atoms with Gasteiger partial charge in [0.15, 0.2) is 5.65 Å². The monoisotopic (exact) mass is 165 g/mol. The summed E-state index contributed by atoms with van der Waals surface area (Å²) in [6.45, 7) is 1.64. The van der Waals surface area contributed by atoms with E-state index in [0.29, 0.717) is 11.3 Å². The number of nitrogens with zero attached hydrogens (tertiary/aromatic N) is 3. The quantitative estimate of drug-likeness (QED) is 0.591. The highest BCUT2D eigenvalue weighted by molar-refractivity contribution is 5.74. The van der Waals surface area contributed by atoms with E-state index in [9.17, 15) is 4.39 Å². The molecule has 0 unspecified atom stereocenters. The lowest BCUT2D eigenvalue weighted by atomic mass is 10.3. The van der Waals surface area contributed by atoms with Gasteiger partial charge in [0.05, 0.1) is 11.9 Å². The van der Waals surface area contributed by atoms with E-state index in [2.05, 4.69) is 10.1 Å². The predicted molar refractivity (Wildman–Crippen MR) is 43.2 cm³/mol. The Morgan fingerprint density at radius 1 is 1.50 bits per heavy atom. The molecule has 2 aromatic rings. The summed E-state index contributed by atoms with van der Waals surface area (Å²) in [5.41, 5.74) is 1.13. The summed E-state index contributed by atoms with van der Waals surface area (Å²) < 4.78 is 14.6. The third-order valence-electron chi connectivity index (χ3n) is 1.84. The van der Waals surface area contributed by atoms with Crippen LogP contribution in [0.25, 0.3) is 11.0 Å². The molecule has 4 heteroatoms. The molecule has 3 nitrogen and oxygen atoms in total. The van der Waals surface area contributed by atoms with Gasteiger partial charge in [0.2, 0.25) is 0 Å². The van der Waals surface area contributed by atoms with Crippen LogP contribution in [-0.2, 0) is 7.05 Å². The molecule has 0 aliphatic carbocycles. The zero-order valence-corrected chi connectivity index (χ0v) is 6.87. The van der Waals surface area contributed by atoms with Crippen LogP contribution >= 0.6 is 0 Å². The lowest BCUT2D eigenvalue weighted by Crippen LogP contribution is -1.94. The van der Waals surface area contributed by atoms with Gasteiger partial charge in [0.1, 0.15) is 5.82 Å². The molecular weight excluding hydrogens is 157 g/mol. The normalized spacial score (nSPS) is 10.9. The number of rotatable bonds is 0. The molecule has 0 fully saturated rings. The van der Waals surface area contributed by atoms with Crippen LogP contribution in [0.2, 0.25) is 0 Å². The van der Waals surface area contributed by atoms with Crippen LogP contribution in [0.4, 0.5) is 4.39 Å². The van der Waals surface area contributed by atoms with Crippen molar-refractivity contribution in [2.24, 2.45) is 7.05 Å². The largest absolute Gasteiger partial charge is 0.250 e. The summed E-state index contributed by atoms with van der Waals surface area (Å²) in [6.07, 6.45) is 1.60. The molecule has 0 bridgehead atoms. The molecule has 12 heavy (non-hydrogen) atoms. The first-order valence-electron chi connectivity index (χ1n) is 3.63. The van der Waals surface area contributed by atoms with Crippen LogP contribution in [0.5, 0.6) is 0 Å². The van der Waals surface area contributed by atoms with Gasteiger partial charge in [-0.25, -0.2) is 9.37 Å². The van der Waals surface area contributed by atoms with Gasteiger partial charge in [-0.3, -0.25) is 4.68 Å². The molecule has 0 radical (unpaired) electrons. The Hall–Kier alpha value is -1.45. The minimum atomic E-state index is -0.282. The predicted octanol–water partition coefficient (Wildman–Crippen LogP) is 1.42. The van der Waals surface area contributed by atoms with E-state index in [0.717, 1.165) is 5.39 Å². The fraction of sp³-hybridized carbons (Fsp3) is 0.250. The molecule has 2 rings (SSSR count). The molecule has 0 aromatic carbocycles. The van der Waals surface area contributed by atoms with Crippen molar-refractivity contribution >= 4 is 11.0 Å². The molecule has 0 spiro atoms. The Kier molecular flexibility index (Phi) is 1.36. The Balaban J connectivity index is 2.87. The molecule has 0 aliphatic rings. The fourth-order valence-corrected chi connectivity index (χ4v) is 1.14. The number of aromatic nitrogens is 3. The van der Waals surface area contributed by atoms with Gasteiger partial charge < -0.3 is 0 Å². The second-order valence-electron chi connectivity index (χ2n) is 2.74. The van der Waals surface area contributed by atoms with Gasteiger partial charge in [-0.05, 0) is 13.0 Å². The average molecular weight is 165 g/mol. The van der Waals surface area contributed by atoms with Gasteiger partial charge >= 0.3 is 0 Å². The molecule has 0 saturated heterocycles. The van der Waals surface area contributed by atoms with E-state index in [4.69, 9.17) is 0 Å². The third kappa shape index (κ3) is 0.879. The molecular formula is C8H8FN3. The summed E-state index contributed by atoms with van der Waals surface area (Å²) in [6, 6.07) is 1.45. The van der Waals surface area contributed by atoms with Crippen LogP contribution in [0.15, 0.2) is 12.3 Å². The van der Waals surface area contributed by atoms with Crippen LogP contribution in [0, 0.1) is 12.7 Å². The van der Waals surface area contributed by atoms with E-state index in [1.807, 2.05) is 0 Å². The lowest BCUT2D eigenvalue weighted by molar-refractivity contribution is 0.612. The Morgan fingerprint density at radius 2 is 2.25 bits per heavy atom. The van der Waals surface area contributed by atoms with E-state index in [1.54, 1.807) is 24.9 Å². The number of halogens is 1. The summed E-state index contributed by atoms with van der Waals surface area (Å²) in [4.78, 5) is 4.06. The molecule has 0 atom stereocenters. The van der Waals surface area contributed by atoms with Crippen molar-refractivity contribution in [3.63, 3.8) is 0 Å². The van der Waals surface area contributed by atoms with Crippen molar-refractivity contribution in [2.75, 3.05) is 0 Å². The first kappa shape index (κ1) is 7.21. The number of hydrogen-bond acceptors (Lipinski definition) is 2. The summed E-state index contributed by atoms with van der Waals surface area (Å²) in [5.74, 6) is -0.282. The maximum Gasteiger partial charge on any atom is 0.157 e. The van der Waals surface area contributed by atoms with Gasteiger partial charge in [-0.1, -0.05) is 0 Å². The molecule has 0 amide bonds. The molecule has 0 aliphatic heterocycles. The molecule has 0 N–H and O–H groups in total. The lowest BCUT2D eigenvalue weighted by Gasteiger charge is -1.96. The molecule has 2 heterocycles. The van der Waals surface area contributed by atoms with Crippen LogP contribution in [0.3, 0.4) is 0 Å². The number of pyridine rings is 1. The van der Waals surface area contributed by atoms with Gasteiger partial charge in [-0.15, -0.1) is 0 Å². The average Bonchev–Trinajstić information content (AvgIpc) is 2.35. The highest BCUT2D eigenvalue weighted by Gasteiger charge is 2.04. The molecule has 0 saturated carbocycles. The first-order chi connectivity index (χ1) is 5.68. The first-order valence-corrected chi connectivity index (χ1v) is 3.63. The van der Waals surface area contributed by atoms with E-state index >= 15 is 0 Å². The summed E-state index contributed by atoms with van der Waals surface area (Å²) in [5, 5.41) is 4.70. The maximum absolute atomic E-state index is 13.0. The topological polar surface area (TPSA) is 30.7 Å². The minimum absolute atomic E-state index is 0.282. The van der Waals surface area contributed by atoms with Crippen molar-refractivity contribution < 1.29 is 4.39 Å². The van der Waals surface area contributed by atoms with Crippen molar-refractivity contribution in [3.05, 3.63) is 23.8 Å². The second kappa shape index (κ2) is 2.27. The number of aryl methyl sites for hydroxylation is 2. The third-order valence-corrected chi connectivity index (χ3v) is 1.84. The van der Waals surface area contributed by atoms with E-state index < -0.39 is 0 Å². The van der Waals surface area contributed by atoms with Crippen molar-refractivity contribution in [1.82, 2.24) is 14.8 Å². The zero-order valence-electron chi connectivity index (χ0n) is 6.87. The van der Waals surface area contributed by atoms with Crippen LogP contribution < -0.4 is 0 Å². The maximum atomic E-state index is 13.0. The summed E-state index contributed by atoms with van der Waals surface area (Å²) in [7, 11) is 1.78. The van der Waals surface area contributed by atoms with Gasteiger partial charge in [0.25, 0.3) is 0 Å². The summed E-state index contributed by atoms with van der Waals surface area (Å²) >= 11 is 0. The minimum Gasteiger partial charge on any atom is -0.250 e.